The molecule has 6 aromatic rings. The summed E-state index contributed by atoms with van der Waals surface area (Å²) in [4.78, 5) is 0. The molecule has 0 spiro atoms. The van der Waals surface area contributed by atoms with E-state index < -0.39 is 36.1 Å². The van der Waals surface area contributed by atoms with E-state index in [2.05, 4.69) is 0 Å². The zero-order valence-corrected chi connectivity index (χ0v) is 27.3. The van der Waals surface area contributed by atoms with Crippen LogP contribution in [0.3, 0.4) is 0 Å². The van der Waals surface area contributed by atoms with Gasteiger partial charge in [0.2, 0.25) is 0 Å². The summed E-state index contributed by atoms with van der Waals surface area (Å²) in [6, 6.07) is 28.3. The molecule has 2 aliphatic heterocycles. The van der Waals surface area contributed by atoms with E-state index in [1.165, 1.54) is 48.5 Å². The first-order chi connectivity index (χ1) is 25.0. The Kier molecular flexibility index (Phi) is 6.96. The van der Waals surface area contributed by atoms with E-state index in [0.29, 0.717) is 61.6 Å². The van der Waals surface area contributed by atoms with Crippen LogP contribution in [0.4, 0.5) is 0 Å². The van der Waals surface area contributed by atoms with Crippen LogP contribution in [0.2, 0.25) is 0 Å². The van der Waals surface area contributed by atoms with Crippen LogP contribution in [0.5, 0.6) is 51.7 Å². The van der Waals surface area contributed by atoms with Gasteiger partial charge in [-0.15, -0.1) is 0 Å². The summed E-state index contributed by atoms with van der Waals surface area (Å²) in [5.41, 5.74) is 4.90. The number of fused-ring (bicyclic) bond motifs is 4. The van der Waals surface area contributed by atoms with Gasteiger partial charge in [-0.3, -0.25) is 0 Å². The van der Waals surface area contributed by atoms with Gasteiger partial charge in [-0.1, -0.05) is 36.4 Å². The Morgan fingerprint density at radius 2 is 0.827 bits per heavy atom. The number of hydrogen-bond acceptors (Lipinski definition) is 10. The fraction of sp³-hybridized carbons (Fsp3) is 0.143. The van der Waals surface area contributed by atoms with Gasteiger partial charge in [0.1, 0.15) is 64.0 Å². The summed E-state index contributed by atoms with van der Waals surface area (Å²) in [6.07, 6.45) is -2.85. The lowest BCUT2D eigenvalue weighted by atomic mass is 9.76. The molecule has 3 aliphatic rings. The Hall–Kier alpha value is -6.52. The number of hydrogen-bond donors (Lipinski definition) is 8. The molecular weight excluding hydrogens is 664 g/mol. The number of aliphatic hydroxyl groups excluding tert-OH is 1. The number of phenolic OH excluding ortho intramolecular Hbond substituents is 7. The lowest BCUT2D eigenvalue weighted by Gasteiger charge is -2.28. The fourth-order valence-corrected chi connectivity index (χ4v) is 8.46. The first-order valence-electron chi connectivity index (χ1n) is 16.7. The zero-order valence-electron chi connectivity index (χ0n) is 27.3. The van der Waals surface area contributed by atoms with E-state index in [9.17, 15) is 40.9 Å². The SMILES string of the molecule is Oc1ccc([C@H]2c3c(O)cc(O)cc3[C@H]3c4c(cc5c(c4[C@H]2O)[C@@H](c2cc(O)cc(O)c2)[C@H](c2ccc(O)cc2)O5)O[C@@H]3c2ccc(O)cc2)cc1. The van der Waals surface area contributed by atoms with Gasteiger partial charge in [0.25, 0.3) is 0 Å². The van der Waals surface area contributed by atoms with Gasteiger partial charge in [-0.2, -0.15) is 0 Å². The summed E-state index contributed by atoms with van der Waals surface area (Å²) in [6.45, 7) is 0. The third-order valence-electron chi connectivity index (χ3n) is 10.5. The third kappa shape index (κ3) is 4.83. The van der Waals surface area contributed by atoms with Crippen molar-refractivity contribution in [2.75, 3.05) is 0 Å². The summed E-state index contributed by atoms with van der Waals surface area (Å²) in [7, 11) is 0. The van der Waals surface area contributed by atoms with Gasteiger partial charge in [-0.25, -0.2) is 0 Å². The summed E-state index contributed by atoms with van der Waals surface area (Å²) >= 11 is 0. The van der Waals surface area contributed by atoms with Crippen molar-refractivity contribution in [3.63, 3.8) is 0 Å². The zero-order chi connectivity index (χ0) is 36.0. The van der Waals surface area contributed by atoms with Crippen LogP contribution in [-0.4, -0.2) is 40.9 Å². The van der Waals surface area contributed by atoms with Gasteiger partial charge >= 0.3 is 0 Å². The minimum atomic E-state index is -1.37. The molecule has 1 aliphatic carbocycles. The van der Waals surface area contributed by atoms with Gasteiger partial charge in [0.05, 0.1) is 17.9 Å². The number of aliphatic hydroxyl groups is 1. The Balaban J connectivity index is 1.37. The quantitative estimate of drug-likeness (QED) is 0.0930. The number of aromatic hydroxyl groups is 7. The van der Waals surface area contributed by atoms with Crippen LogP contribution in [0.15, 0.2) is 109 Å². The lowest BCUT2D eigenvalue weighted by molar-refractivity contribution is 0.156. The summed E-state index contributed by atoms with van der Waals surface area (Å²) < 4.78 is 13.5. The van der Waals surface area contributed by atoms with Crippen molar-refractivity contribution in [1.29, 1.82) is 0 Å². The van der Waals surface area contributed by atoms with Gasteiger partial charge in [-0.05, 0) is 88.0 Å². The van der Waals surface area contributed by atoms with Crippen molar-refractivity contribution in [3.8, 4) is 51.7 Å². The number of rotatable bonds is 4. The second-order valence-electron chi connectivity index (χ2n) is 13.6. The Morgan fingerprint density at radius 3 is 1.37 bits per heavy atom. The van der Waals surface area contributed by atoms with E-state index >= 15 is 0 Å². The fourth-order valence-electron chi connectivity index (χ4n) is 8.46. The maximum Gasteiger partial charge on any atom is 0.135 e. The standard InChI is InChI=1S/C42H32O10/c43-23-7-1-19(2-8-23)33-35-29(16-28(48)17-30(35)49)36-38-32(52-42(36)21-5-11-25(45)12-6-21)18-31-37(39(38)40(33)50)34(22-13-26(46)15-27(47)14-22)41(51-31)20-3-9-24(44)10-4-20/h1-18,33-34,36,40-50H/t33-,34+,36-,40-,41-,42+/m0/s1. The monoisotopic (exact) mass is 696 g/mol. The van der Waals surface area contributed by atoms with E-state index in [1.54, 1.807) is 60.7 Å². The maximum atomic E-state index is 12.9. The lowest BCUT2D eigenvalue weighted by Crippen LogP contribution is -2.17. The molecule has 0 bridgehead atoms. The average Bonchev–Trinajstić information content (AvgIpc) is 3.64. The average molecular weight is 697 g/mol. The molecule has 0 aromatic heterocycles. The molecular formula is C42H32O10. The number of ether oxygens (including phenoxy) is 2. The highest BCUT2D eigenvalue weighted by Gasteiger charge is 2.51. The number of phenols is 7. The van der Waals surface area contributed by atoms with Gasteiger partial charge in [0, 0.05) is 40.8 Å². The Bertz CT molecular complexity index is 2350. The van der Waals surface area contributed by atoms with Crippen molar-refractivity contribution < 1.29 is 50.3 Å². The highest BCUT2D eigenvalue weighted by atomic mass is 16.5. The van der Waals surface area contributed by atoms with Crippen LogP contribution in [0, 0.1) is 0 Å². The predicted molar refractivity (Wildman–Crippen MR) is 188 cm³/mol. The van der Waals surface area contributed by atoms with Crippen LogP contribution in [0.1, 0.15) is 86.1 Å². The van der Waals surface area contributed by atoms with Crippen molar-refractivity contribution in [3.05, 3.63) is 159 Å². The van der Waals surface area contributed by atoms with Crippen molar-refractivity contribution >= 4 is 0 Å². The molecule has 52 heavy (non-hydrogen) atoms. The minimum absolute atomic E-state index is 0.0132. The summed E-state index contributed by atoms with van der Waals surface area (Å²) in [5.74, 6) is -2.23. The summed E-state index contributed by atoms with van der Waals surface area (Å²) in [5, 5.41) is 87.5. The molecule has 0 radical (unpaired) electrons. The van der Waals surface area contributed by atoms with E-state index in [4.69, 9.17) is 9.47 Å². The molecule has 6 atom stereocenters. The normalized spacial score (nSPS) is 22.4. The maximum absolute atomic E-state index is 12.9. The molecule has 6 aromatic carbocycles. The largest absolute Gasteiger partial charge is 0.508 e. The van der Waals surface area contributed by atoms with E-state index in [0.717, 1.165) is 0 Å². The second kappa shape index (κ2) is 11.5. The number of benzene rings is 6. The topological polar surface area (TPSA) is 180 Å². The second-order valence-corrected chi connectivity index (χ2v) is 13.6. The highest BCUT2D eigenvalue weighted by molar-refractivity contribution is 5.70. The smallest absolute Gasteiger partial charge is 0.135 e. The highest BCUT2D eigenvalue weighted by Crippen LogP contribution is 2.65. The van der Waals surface area contributed by atoms with Crippen LogP contribution >= 0.6 is 0 Å². The molecule has 0 unspecified atom stereocenters. The van der Waals surface area contributed by atoms with Crippen LogP contribution < -0.4 is 9.47 Å². The molecule has 0 fully saturated rings. The predicted octanol–water partition coefficient (Wildman–Crippen LogP) is 7.34. The molecule has 0 amide bonds. The molecule has 0 saturated carbocycles. The van der Waals surface area contributed by atoms with Crippen molar-refractivity contribution in [2.24, 2.45) is 0 Å². The minimum Gasteiger partial charge on any atom is -0.508 e. The molecule has 2 heterocycles. The van der Waals surface area contributed by atoms with Crippen molar-refractivity contribution in [1.82, 2.24) is 0 Å². The molecule has 8 N–H and O–H groups in total. The first kappa shape index (κ1) is 31.5. The molecule has 260 valence electrons. The molecule has 10 heteroatoms. The molecule has 10 nitrogen and oxygen atoms in total. The van der Waals surface area contributed by atoms with Crippen molar-refractivity contribution in [2.45, 2.75) is 36.1 Å². The van der Waals surface area contributed by atoms with E-state index in [-0.39, 0.29) is 40.2 Å². The Morgan fingerprint density at radius 1 is 0.365 bits per heavy atom. The van der Waals surface area contributed by atoms with Crippen LogP contribution in [0.25, 0.3) is 0 Å². The van der Waals surface area contributed by atoms with Gasteiger partial charge in [0.15, 0.2) is 0 Å². The third-order valence-corrected chi connectivity index (χ3v) is 10.5. The first-order valence-corrected chi connectivity index (χ1v) is 16.7. The molecule has 0 saturated heterocycles. The molecule has 9 rings (SSSR count). The van der Waals surface area contributed by atoms with E-state index in [1.807, 2.05) is 0 Å². The van der Waals surface area contributed by atoms with Gasteiger partial charge < -0.3 is 50.3 Å². The Labute approximate surface area is 296 Å². The van der Waals surface area contributed by atoms with Crippen LogP contribution in [-0.2, 0) is 0 Å².